The second kappa shape index (κ2) is 3.95. The van der Waals surface area contributed by atoms with E-state index >= 15 is 0 Å². The van der Waals surface area contributed by atoms with E-state index in [1.807, 2.05) is 12.2 Å². The molecule has 0 aliphatic heterocycles. The molecule has 0 N–H and O–H groups in total. The molecule has 0 atom stereocenters. The van der Waals surface area contributed by atoms with Crippen molar-refractivity contribution in [3.63, 3.8) is 0 Å². The summed E-state index contributed by atoms with van der Waals surface area (Å²) in [5, 5.41) is 0. The fourth-order valence-electron chi connectivity index (χ4n) is 1.18. The molecular weight excluding hydrogens is 134 g/mol. The van der Waals surface area contributed by atoms with Crippen molar-refractivity contribution >= 4 is 0 Å². The summed E-state index contributed by atoms with van der Waals surface area (Å²) in [6, 6.07) is 0. The minimum absolute atomic E-state index is 1.07. The molecule has 11 heavy (non-hydrogen) atoms. The van der Waals surface area contributed by atoms with Crippen molar-refractivity contribution < 1.29 is 0 Å². The highest BCUT2D eigenvalue weighted by atomic mass is 15.1. The molecule has 0 aromatic carbocycles. The lowest BCUT2D eigenvalue weighted by Gasteiger charge is -2.17. The van der Waals surface area contributed by atoms with Crippen molar-refractivity contribution in [1.82, 2.24) is 4.90 Å². The van der Waals surface area contributed by atoms with Crippen LogP contribution in [0.3, 0.4) is 0 Å². The predicted molar refractivity (Wildman–Crippen MR) is 48.0 cm³/mol. The van der Waals surface area contributed by atoms with Crippen molar-refractivity contribution in [1.29, 1.82) is 0 Å². The average Bonchev–Trinajstić information content (AvgIpc) is 2.09. The maximum absolute atomic E-state index is 3.01. The van der Waals surface area contributed by atoms with Crippen LogP contribution in [0.5, 0.6) is 0 Å². The van der Waals surface area contributed by atoms with Crippen molar-refractivity contribution in [3.05, 3.63) is 36.1 Å². The van der Waals surface area contributed by atoms with Gasteiger partial charge in [-0.05, 0) is 13.8 Å². The number of nitrogens with zero attached hydrogens (tertiary/aromatic N) is 1. The van der Waals surface area contributed by atoms with E-state index in [1.165, 1.54) is 5.70 Å². The highest BCUT2D eigenvalue weighted by Crippen LogP contribution is 2.08. The molecule has 1 rings (SSSR count). The van der Waals surface area contributed by atoms with Gasteiger partial charge in [0.05, 0.1) is 12.2 Å². The number of hydrogen-bond acceptors (Lipinski definition) is 1. The lowest BCUT2D eigenvalue weighted by molar-refractivity contribution is 0.394. The average molecular weight is 148 g/mol. The molecule has 1 aliphatic carbocycles. The first kappa shape index (κ1) is 8.03. The smallest absolute Gasteiger partial charge is 0.151 e. The normalized spacial score (nSPS) is 14.2. The Hall–Kier alpha value is -1.07. The molecule has 0 aromatic rings. The van der Waals surface area contributed by atoms with Gasteiger partial charge in [-0.25, -0.2) is 0 Å². The van der Waals surface area contributed by atoms with Gasteiger partial charge in [0, 0.05) is 19.2 Å². The Bertz CT molecular complexity index is 195. The molecule has 0 unspecified atom stereocenters. The summed E-state index contributed by atoms with van der Waals surface area (Å²) in [7, 11) is 0. The van der Waals surface area contributed by atoms with E-state index in [9.17, 15) is 0 Å². The first-order valence-corrected chi connectivity index (χ1v) is 4.09. The molecule has 0 fully saturated rings. The third kappa shape index (κ3) is 1.92. The van der Waals surface area contributed by atoms with Gasteiger partial charge in [0.1, 0.15) is 12.2 Å². The zero-order valence-electron chi connectivity index (χ0n) is 7.17. The molecular formula is C10H14N+. The standard InChI is InChI=1S/C10H14N/c1-3-11(4-2)10-8-6-5-7-9-10/h6-9H,3-4H2,1-2H3/q+1. The van der Waals surface area contributed by atoms with E-state index in [-0.39, 0.29) is 0 Å². The summed E-state index contributed by atoms with van der Waals surface area (Å²) in [6.07, 6.45) is 11.1. The van der Waals surface area contributed by atoms with E-state index in [0.717, 1.165) is 13.1 Å². The molecule has 0 amide bonds. The maximum atomic E-state index is 3.01. The number of hydrogen-bond donors (Lipinski definition) is 0. The van der Waals surface area contributed by atoms with E-state index in [0.29, 0.717) is 0 Å². The fraction of sp³-hybridized carbons (Fsp3) is 0.400. The van der Waals surface area contributed by atoms with Gasteiger partial charge in [-0.15, -0.1) is 0 Å². The summed E-state index contributed by atoms with van der Waals surface area (Å²) in [6.45, 7) is 6.47. The molecule has 1 heteroatoms. The lowest BCUT2D eigenvalue weighted by Crippen LogP contribution is -2.21. The van der Waals surface area contributed by atoms with Crippen molar-refractivity contribution in [2.24, 2.45) is 0 Å². The second-order valence-electron chi connectivity index (χ2n) is 2.43. The van der Waals surface area contributed by atoms with Crippen molar-refractivity contribution in [2.45, 2.75) is 13.8 Å². The van der Waals surface area contributed by atoms with Gasteiger partial charge in [-0.2, -0.15) is 0 Å². The largest absolute Gasteiger partial charge is 0.350 e. The Morgan fingerprint density at radius 3 is 2.55 bits per heavy atom. The summed E-state index contributed by atoms with van der Waals surface area (Å²) >= 11 is 0. The van der Waals surface area contributed by atoms with Gasteiger partial charge in [0.15, 0.2) is 5.70 Å². The topological polar surface area (TPSA) is 3.24 Å². The minimum Gasteiger partial charge on any atom is -0.350 e. The van der Waals surface area contributed by atoms with Crippen LogP contribution in [0.15, 0.2) is 30.0 Å². The summed E-state index contributed by atoms with van der Waals surface area (Å²) in [5.74, 6) is 0. The van der Waals surface area contributed by atoms with Gasteiger partial charge in [0.25, 0.3) is 0 Å². The monoisotopic (exact) mass is 148 g/mol. The van der Waals surface area contributed by atoms with Crippen LogP contribution in [0.1, 0.15) is 13.8 Å². The van der Waals surface area contributed by atoms with Crippen molar-refractivity contribution in [3.8, 4) is 0 Å². The van der Waals surface area contributed by atoms with Crippen LogP contribution >= 0.6 is 0 Å². The minimum atomic E-state index is 1.07. The lowest BCUT2D eigenvalue weighted by atomic mass is 10.2. The van der Waals surface area contributed by atoms with Crippen LogP contribution < -0.4 is 0 Å². The van der Waals surface area contributed by atoms with Gasteiger partial charge < -0.3 is 4.90 Å². The fourth-order valence-corrected chi connectivity index (χ4v) is 1.18. The Morgan fingerprint density at radius 2 is 2.09 bits per heavy atom. The molecule has 1 nitrogen and oxygen atoms in total. The van der Waals surface area contributed by atoms with Crippen molar-refractivity contribution in [2.75, 3.05) is 13.1 Å². The molecule has 0 saturated carbocycles. The highest BCUT2D eigenvalue weighted by molar-refractivity contribution is 5.28. The van der Waals surface area contributed by atoms with E-state index in [1.54, 1.807) is 0 Å². The molecule has 1 aliphatic rings. The first-order valence-electron chi connectivity index (χ1n) is 4.09. The Morgan fingerprint density at radius 1 is 1.36 bits per heavy atom. The Kier molecular flexibility index (Phi) is 2.88. The third-order valence-corrected chi connectivity index (χ3v) is 1.83. The molecule has 58 valence electrons. The first-order chi connectivity index (χ1) is 5.38. The number of likely N-dealkylation sites (N-methyl/N-ethyl adjacent to an activating group) is 1. The van der Waals surface area contributed by atoms with Crippen LogP contribution in [0.4, 0.5) is 0 Å². The van der Waals surface area contributed by atoms with Crippen LogP contribution in [0, 0.1) is 6.08 Å². The SMILES string of the molecule is CCN(CC)C1=CC=[C+]C=C1. The van der Waals surface area contributed by atoms with E-state index < -0.39 is 0 Å². The van der Waals surface area contributed by atoms with Crippen LogP contribution in [-0.2, 0) is 0 Å². The zero-order valence-corrected chi connectivity index (χ0v) is 7.17. The highest BCUT2D eigenvalue weighted by Gasteiger charge is 2.07. The second-order valence-corrected chi connectivity index (χ2v) is 2.43. The summed E-state index contributed by atoms with van der Waals surface area (Å²) in [4.78, 5) is 2.31. The summed E-state index contributed by atoms with van der Waals surface area (Å²) in [5.41, 5.74) is 1.29. The number of allylic oxidation sites excluding steroid dienone is 5. The Balaban J connectivity index is 2.65. The Labute approximate surface area is 68.7 Å². The van der Waals surface area contributed by atoms with Gasteiger partial charge in [-0.3, -0.25) is 0 Å². The van der Waals surface area contributed by atoms with Gasteiger partial charge >= 0.3 is 0 Å². The molecule has 0 saturated heterocycles. The summed E-state index contributed by atoms with van der Waals surface area (Å²) < 4.78 is 0. The maximum Gasteiger partial charge on any atom is 0.151 e. The van der Waals surface area contributed by atoms with Gasteiger partial charge in [0.2, 0.25) is 0 Å². The van der Waals surface area contributed by atoms with Crippen LogP contribution in [0.25, 0.3) is 0 Å². The van der Waals surface area contributed by atoms with E-state index in [2.05, 4.69) is 37.0 Å². The quantitative estimate of drug-likeness (QED) is 0.554. The molecule has 0 heterocycles. The molecule has 0 spiro atoms. The molecule has 0 aromatic heterocycles. The van der Waals surface area contributed by atoms with E-state index in [4.69, 9.17) is 0 Å². The zero-order chi connectivity index (χ0) is 8.10. The molecule has 0 bridgehead atoms. The number of rotatable bonds is 3. The van der Waals surface area contributed by atoms with Gasteiger partial charge in [-0.1, -0.05) is 0 Å². The molecule has 0 radical (unpaired) electrons. The third-order valence-electron chi connectivity index (χ3n) is 1.83. The predicted octanol–water partition coefficient (Wildman–Crippen LogP) is 2.14. The van der Waals surface area contributed by atoms with Crippen LogP contribution in [0.2, 0.25) is 0 Å². The van der Waals surface area contributed by atoms with Crippen LogP contribution in [-0.4, -0.2) is 18.0 Å².